The van der Waals surface area contributed by atoms with Crippen molar-refractivity contribution < 1.29 is 8.42 Å². The summed E-state index contributed by atoms with van der Waals surface area (Å²) in [6, 6.07) is 15.2. The average Bonchev–Trinajstić information content (AvgIpc) is 2.42. The summed E-state index contributed by atoms with van der Waals surface area (Å²) < 4.78 is 26.4. The van der Waals surface area contributed by atoms with Crippen molar-refractivity contribution in [2.24, 2.45) is 0 Å². The van der Waals surface area contributed by atoms with Gasteiger partial charge in [-0.25, -0.2) is 8.42 Å². The van der Waals surface area contributed by atoms with E-state index in [9.17, 15) is 8.42 Å². The van der Waals surface area contributed by atoms with Crippen molar-refractivity contribution in [3.05, 3.63) is 54.6 Å². The van der Waals surface area contributed by atoms with Crippen LogP contribution in [0.3, 0.4) is 0 Å². The number of nitrogen functional groups attached to an aromatic ring is 1. The van der Waals surface area contributed by atoms with Crippen LogP contribution in [0.4, 0.5) is 11.4 Å². The van der Waals surface area contributed by atoms with E-state index in [0.29, 0.717) is 17.9 Å². The number of hydrogen-bond donors (Lipinski definition) is 1. The van der Waals surface area contributed by atoms with Gasteiger partial charge in [0.15, 0.2) is 0 Å². The lowest BCUT2D eigenvalue weighted by atomic mass is 10.3. The van der Waals surface area contributed by atoms with Gasteiger partial charge in [-0.05, 0) is 43.3 Å². The van der Waals surface area contributed by atoms with E-state index in [2.05, 4.69) is 0 Å². The number of sulfonamides is 1. The molecule has 0 heterocycles. The highest BCUT2D eigenvalue weighted by Gasteiger charge is 2.22. The summed E-state index contributed by atoms with van der Waals surface area (Å²) in [7, 11) is -3.52. The van der Waals surface area contributed by atoms with Crippen molar-refractivity contribution in [3.8, 4) is 0 Å². The summed E-state index contributed by atoms with van der Waals surface area (Å²) in [4.78, 5) is 0.286. The molecule has 0 aliphatic rings. The third kappa shape index (κ3) is 2.71. The van der Waals surface area contributed by atoms with Gasteiger partial charge in [0, 0.05) is 12.2 Å². The topological polar surface area (TPSA) is 63.4 Å². The quantitative estimate of drug-likeness (QED) is 0.873. The molecule has 0 aliphatic carbocycles. The molecule has 0 atom stereocenters. The van der Waals surface area contributed by atoms with Gasteiger partial charge in [-0.2, -0.15) is 0 Å². The molecule has 2 rings (SSSR count). The summed E-state index contributed by atoms with van der Waals surface area (Å²) in [6.45, 7) is 2.16. The minimum atomic E-state index is -3.52. The third-order valence-corrected chi connectivity index (χ3v) is 4.72. The molecule has 0 bridgehead atoms. The fourth-order valence-corrected chi connectivity index (χ4v) is 3.35. The molecule has 0 saturated heterocycles. The molecule has 2 aromatic rings. The molecule has 0 amide bonds. The van der Waals surface area contributed by atoms with E-state index in [1.54, 1.807) is 61.5 Å². The maximum absolute atomic E-state index is 12.5. The van der Waals surface area contributed by atoms with Crippen LogP contribution in [0.25, 0.3) is 0 Å². The number of nitrogens with two attached hydrogens (primary N) is 1. The molecular formula is C14H16N2O2S. The zero-order valence-electron chi connectivity index (χ0n) is 10.7. The minimum Gasteiger partial charge on any atom is -0.399 e. The van der Waals surface area contributed by atoms with Crippen LogP contribution in [0.15, 0.2) is 59.5 Å². The highest BCUT2D eigenvalue weighted by Crippen LogP contribution is 2.23. The van der Waals surface area contributed by atoms with Crippen molar-refractivity contribution in [1.82, 2.24) is 0 Å². The van der Waals surface area contributed by atoms with Gasteiger partial charge in [0.1, 0.15) is 0 Å². The van der Waals surface area contributed by atoms with Crippen LogP contribution in [0, 0.1) is 0 Å². The molecule has 19 heavy (non-hydrogen) atoms. The zero-order valence-corrected chi connectivity index (χ0v) is 11.5. The molecule has 0 radical (unpaired) electrons. The summed E-state index contributed by atoms with van der Waals surface area (Å²) in [5.74, 6) is 0. The Bertz CT molecular complexity index is 637. The van der Waals surface area contributed by atoms with E-state index in [1.807, 2.05) is 0 Å². The van der Waals surface area contributed by atoms with Crippen LogP contribution in [0.1, 0.15) is 6.92 Å². The standard InChI is InChI=1S/C14H16N2O2S/c1-2-16(13-10-8-12(15)9-11-13)19(17,18)14-6-4-3-5-7-14/h3-11H,2,15H2,1H3. The number of anilines is 2. The lowest BCUT2D eigenvalue weighted by molar-refractivity contribution is 0.592. The Morgan fingerprint density at radius 1 is 1.00 bits per heavy atom. The van der Waals surface area contributed by atoms with Crippen LogP contribution >= 0.6 is 0 Å². The SMILES string of the molecule is CCN(c1ccc(N)cc1)S(=O)(=O)c1ccccc1. The Kier molecular flexibility index (Phi) is 3.76. The predicted molar refractivity (Wildman–Crippen MR) is 77.5 cm³/mol. The molecule has 100 valence electrons. The van der Waals surface area contributed by atoms with E-state index >= 15 is 0 Å². The normalized spacial score (nSPS) is 11.2. The van der Waals surface area contributed by atoms with Crippen molar-refractivity contribution >= 4 is 21.4 Å². The Hall–Kier alpha value is -2.01. The van der Waals surface area contributed by atoms with E-state index in [1.165, 1.54) is 4.31 Å². The smallest absolute Gasteiger partial charge is 0.264 e. The number of benzene rings is 2. The first-order chi connectivity index (χ1) is 9.05. The molecule has 2 N–H and O–H groups in total. The maximum Gasteiger partial charge on any atom is 0.264 e. The Balaban J connectivity index is 2.45. The Morgan fingerprint density at radius 2 is 1.58 bits per heavy atom. The van der Waals surface area contributed by atoms with Crippen LogP contribution < -0.4 is 10.0 Å². The van der Waals surface area contributed by atoms with E-state index in [-0.39, 0.29) is 4.90 Å². The second-order valence-electron chi connectivity index (χ2n) is 4.07. The van der Waals surface area contributed by atoms with Gasteiger partial charge < -0.3 is 5.73 Å². The second kappa shape index (κ2) is 5.32. The summed E-state index contributed by atoms with van der Waals surface area (Å²) >= 11 is 0. The zero-order chi connectivity index (χ0) is 13.9. The third-order valence-electron chi connectivity index (χ3n) is 2.80. The maximum atomic E-state index is 12.5. The van der Waals surface area contributed by atoms with Gasteiger partial charge >= 0.3 is 0 Å². The van der Waals surface area contributed by atoms with Gasteiger partial charge in [-0.15, -0.1) is 0 Å². The summed E-state index contributed by atoms with van der Waals surface area (Å²) in [5.41, 5.74) is 6.84. The molecule has 0 saturated carbocycles. The number of hydrogen-bond acceptors (Lipinski definition) is 3. The van der Waals surface area contributed by atoms with Gasteiger partial charge in [0.05, 0.1) is 10.6 Å². The van der Waals surface area contributed by atoms with E-state index in [0.717, 1.165) is 0 Å². The first-order valence-electron chi connectivity index (χ1n) is 5.99. The predicted octanol–water partition coefficient (Wildman–Crippen LogP) is 2.48. The lowest BCUT2D eigenvalue weighted by Crippen LogP contribution is -2.30. The second-order valence-corrected chi connectivity index (χ2v) is 5.94. The molecule has 0 fully saturated rings. The molecule has 4 nitrogen and oxygen atoms in total. The number of rotatable bonds is 4. The van der Waals surface area contributed by atoms with Crippen LogP contribution in [-0.2, 0) is 10.0 Å². The number of nitrogens with zero attached hydrogens (tertiary/aromatic N) is 1. The Morgan fingerprint density at radius 3 is 2.11 bits per heavy atom. The van der Waals surface area contributed by atoms with E-state index in [4.69, 9.17) is 5.73 Å². The summed E-state index contributed by atoms with van der Waals surface area (Å²) in [5, 5.41) is 0. The van der Waals surface area contributed by atoms with Crippen LogP contribution in [0.5, 0.6) is 0 Å². The molecule has 0 aromatic heterocycles. The minimum absolute atomic E-state index is 0.286. The monoisotopic (exact) mass is 276 g/mol. The fourth-order valence-electron chi connectivity index (χ4n) is 1.85. The molecule has 0 spiro atoms. The van der Waals surface area contributed by atoms with Crippen LogP contribution in [-0.4, -0.2) is 15.0 Å². The first-order valence-corrected chi connectivity index (χ1v) is 7.43. The summed E-state index contributed by atoms with van der Waals surface area (Å²) in [6.07, 6.45) is 0. The van der Waals surface area contributed by atoms with Gasteiger partial charge in [-0.3, -0.25) is 4.31 Å². The highest BCUT2D eigenvalue weighted by molar-refractivity contribution is 7.92. The van der Waals surface area contributed by atoms with Gasteiger partial charge in [-0.1, -0.05) is 18.2 Å². The largest absolute Gasteiger partial charge is 0.399 e. The molecule has 5 heteroatoms. The lowest BCUT2D eigenvalue weighted by Gasteiger charge is -2.23. The molecular weight excluding hydrogens is 260 g/mol. The molecule has 0 aliphatic heterocycles. The first kappa shape index (κ1) is 13.4. The van der Waals surface area contributed by atoms with Gasteiger partial charge in [0.2, 0.25) is 0 Å². The van der Waals surface area contributed by atoms with Crippen LogP contribution in [0.2, 0.25) is 0 Å². The highest BCUT2D eigenvalue weighted by atomic mass is 32.2. The fraction of sp³-hybridized carbons (Fsp3) is 0.143. The van der Waals surface area contributed by atoms with Crippen molar-refractivity contribution in [2.75, 3.05) is 16.6 Å². The molecule has 2 aromatic carbocycles. The van der Waals surface area contributed by atoms with Crippen molar-refractivity contribution in [3.63, 3.8) is 0 Å². The van der Waals surface area contributed by atoms with E-state index < -0.39 is 10.0 Å². The average molecular weight is 276 g/mol. The van der Waals surface area contributed by atoms with Gasteiger partial charge in [0.25, 0.3) is 10.0 Å². The Labute approximate surface area is 113 Å². The molecule has 0 unspecified atom stereocenters. The van der Waals surface area contributed by atoms with Crippen molar-refractivity contribution in [1.29, 1.82) is 0 Å². The van der Waals surface area contributed by atoms with Crippen molar-refractivity contribution in [2.45, 2.75) is 11.8 Å².